The number of hydrogen-bond acceptors (Lipinski definition) is 4. The van der Waals surface area contributed by atoms with E-state index in [0.29, 0.717) is 10.8 Å². The van der Waals surface area contributed by atoms with E-state index in [1.165, 1.54) is 18.3 Å². The third-order valence-electron chi connectivity index (χ3n) is 2.78. The highest BCUT2D eigenvalue weighted by molar-refractivity contribution is 6.30. The molecule has 2 aromatic rings. The molecule has 0 radical (unpaired) electrons. The first-order valence-corrected chi connectivity index (χ1v) is 6.96. The normalized spacial score (nSPS) is 12.1. The van der Waals surface area contributed by atoms with E-state index in [4.69, 9.17) is 21.4 Å². The largest absolute Gasteiger partial charge is 0.508 e. The zero-order chi connectivity index (χ0) is 15.9. The van der Waals surface area contributed by atoms with Crippen LogP contribution in [0.15, 0.2) is 53.6 Å². The number of amides is 1. The highest BCUT2D eigenvalue weighted by Gasteiger charge is 2.13. The average molecular weight is 319 g/mol. The van der Waals surface area contributed by atoms with Crippen LogP contribution in [-0.2, 0) is 4.79 Å². The topological polar surface area (TPSA) is 70.9 Å². The second kappa shape index (κ2) is 7.47. The monoisotopic (exact) mass is 318 g/mol. The van der Waals surface area contributed by atoms with Crippen molar-refractivity contribution in [2.24, 2.45) is 5.10 Å². The van der Waals surface area contributed by atoms with Gasteiger partial charge in [0.1, 0.15) is 11.5 Å². The molecule has 0 heterocycles. The number of rotatable bonds is 5. The predicted octanol–water partition coefficient (Wildman–Crippen LogP) is 2.96. The first-order valence-electron chi connectivity index (χ1n) is 6.59. The number of phenolic OH excluding ortho intramolecular Hbond substituents is 1. The number of aromatic hydroxyl groups is 1. The number of hydrogen-bond donors (Lipinski definition) is 2. The van der Waals surface area contributed by atoms with Crippen LogP contribution in [0.1, 0.15) is 12.5 Å². The van der Waals surface area contributed by atoms with Gasteiger partial charge >= 0.3 is 0 Å². The summed E-state index contributed by atoms with van der Waals surface area (Å²) < 4.78 is 5.47. The van der Waals surface area contributed by atoms with E-state index < -0.39 is 6.10 Å². The van der Waals surface area contributed by atoms with Crippen molar-refractivity contribution >= 4 is 23.7 Å². The number of halogens is 1. The molecule has 6 heteroatoms. The van der Waals surface area contributed by atoms with E-state index in [1.807, 2.05) is 0 Å². The Hall–Kier alpha value is -2.53. The highest BCUT2D eigenvalue weighted by Crippen LogP contribution is 2.16. The molecular formula is C16H15ClN2O3. The maximum absolute atomic E-state index is 11.8. The minimum atomic E-state index is -0.696. The number of phenols is 1. The Morgan fingerprint density at radius 3 is 2.50 bits per heavy atom. The molecule has 0 aliphatic rings. The van der Waals surface area contributed by atoms with Crippen LogP contribution in [0.3, 0.4) is 0 Å². The van der Waals surface area contributed by atoms with Gasteiger partial charge in [0.2, 0.25) is 0 Å². The minimum Gasteiger partial charge on any atom is -0.508 e. The van der Waals surface area contributed by atoms with E-state index in [0.717, 1.165) is 5.56 Å². The molecule has 0 aliphatic heterocycles. The maximum Gasteiger partial charge on any atom is 0.280 e. The number of nitrogens with one attached hydrogen (secondary N) is 1. The second-order valence-corrected chi connectivity index (χ2v) is 4.98. The molecule has 0 saturated carbocycles. The summed E-state index contributed by atoms with van der Waals surface area (Å²) in [7, 11) is 0. The molecule has 0 aliphatic carbocycles. The van der Waals surface area contributed by atoms with Crippen LogP contribution >= 0.6 is 11.6 Å². The molecule has 5 nitrogen and oxygen atoms in total. The lowest BCUT2D eigenvalue weighted by atomic mass is 10.2. The Balaban J connectivity index is 1.85. The fourth-order valence-corrected chi connectivity index (χ4v) is 1.72. The average Bonchev–Trinajstić information content (AvgIpc) is 2.51. The van der Waals surface area contributed by atoms with Gasteiger partial charge in [-0.2, -0.15) is 5.10 Å². The van der Waals surface area contributed by atoms with Crippen molar-refractivity contribution in [3.8, 4) is 11.5 Å². The Morgan fingerprint density at radius 2 is 1.86 bits per heavy atom. The third kappa shape index (κ3) is 4.79. The molecule has 2 N–H and O–H groups in total. The minimum absolute atomic E-state index is 0.172. The number of hydrazone groups is 1. The van der Waals surface area contributed by atoms with Crippen molar-refractivity contribution in [2.75, 3.05) is 0 Å². The summed E-state index contributed by atoms with van der Waals surface area (Å²) in [4.78, 5) is 11.8. The molecule has 0 saturated heterocycles. The number of nitrogens with zero attached hydrogens (tertiary/aromatic N) is 1. The van der Waals surface area contributed by atoms with Gasteiger partial charge in [0.05, 0.1) is 6.21 Å². The second-order valence-electron chi connectivity index (χ2n) is 4.54. The van der Waals surface area contributed by atoms with Crippen LogP contribution in [0.2, 0.25) is 5.02 Å². The first kappa shape index (κ1) is 15.9. The van der Waals surface area contributed by atoms with Gasteiger partial charge < -0.3 is 9.84 Å². The molecule has 0 bridgehead atoms. The van der Waals surface area contributed by atoms with Gasteiger partial charge in [0, 0.05) is 5.02 Å². The Morgan fingerprint density at radius 1 is 1.23 bits per heavy atom. The Bertz CT molecular complexity index is 654. The molecule has 0 unspecified atom stereocenters. The number of carbonyl (C=O) groups is 1. The van der Waals surface area contributed by atoms with Gasteiger partial charge in [0.25, 0.3) is 5.91 Å². The Labute approximate surface area is 133 Å². The van der Waals surface area contributed by atoms with E-state index in [-0.39, 0.29) is 11.7 Å². The van der Waals surface area contributed by atoms with Crippen molar-refractivity contribution in [2.45, 2.75) is 13.0 Å². The molecule has 114 valence electrons. The molecule has 0 fully saturated rings. The SMILES string of the molecule is C[C@H](Oc1ccc(Cl)cc1)C(=O)NN=Cc1ccc(O)cc1. The van der Waals surface area contributed by atoms with Crippen LogP contribution in [0.5, 0.6) is 11.5 Å². The van der Waals surface area contributed by atoms with Crippen LogP contribution < -0.4 is 10.2 Å². The zero-order valence-electron chi connectivity index (χ0n) is 11.9. The lowest BCUT2D eigenvalue weighted by Gasteiger charge is -2.12. The number of ether oxygens (including phenoxy) is 1. The van der Waals surface area contributed by atoms with Crippen molar-refractivity contribution in [1.82, 2.24) is 5.43 Å². The maximum atomic E-state index is 11.8. The van der Waals surface area contributed by atoms with Gasteiger partial charge in [-0.1, -0.05) is 11.6 Å². The first-order chi connectivity index (χ1) is 10.5. The van der Waals surface area contributed by atoms with Gasteiger partial charge in [0.15, 0.2) is 6.10 Å². The standard InChI is InChI=1S/C16H15ClN2O3/c1-11(22-15-8-4-13(17)5-9-15)16(21)19-18-10-12-2-6-14(20)7-3-12/h2-11,20H,1H3,(H,19,21)/t11-/m0/s1. The Kier molecular flexibility index (Phi) is 5.38. The number of carbonyl (C=O) groups excluding carboxylic acids is 1. The molecule has 22 heavy (non-hydrogen) atoms. The van der Waals surface area contributed by atoms with E-state index in [2.05, 4.69) is 10.5 Å². The summed E-state index contributed by atoms with van der Waals surface area (Å²) in [6.45, 7) is 1.63. The molecular weight excluding hydrogens is 304 g/mol. The van der Waals surface area contributed by atoms with Gasteiger partial charge in [-0.25, -0.2) is 5.43 Å². The van der Waals surface area contributed by atoms with E-state index >= 15 is 0 Å². The van der Waals surface area contributed by atoms with Crippen LogP contribution in [0.25, 0.3) is 0 Å². The summed E-state index contributed by atoms with van der Waals surface area (Å²) in [6.07, 6.45) is 0.782. The predicted molar refractivity (Wildman–Crippen MR) is 85.4 cm³/mol. The highest BCUT2D eigenvalue weighted by atomic mass is 35.5. The third-order valence-corrected chi connectivity index (χ3v) is 3.03. The van der Waals surface area contributed by atoms with E-state index in [1.54, 1.807) is 43.3 Å². The number of benzene rings is 2. The van der Waals surface area contributed by atoms with Crippen molar-refractivity contribution in [3.63, 3.8) is 0 Å². The lowest BCUT2D eigenvalue weighted by molar-refractivity contribution is -0.127. The van der Waals surface area contributed by atoms with Gasteiger partial charge in [-0.3, -0.25) is 4.79 Å². The fourth-order valence-electron chi connectivity index (χ4n) is 1.59. The quantitative estimate of drug-likeness (QED) is 0.657. The summed E-state index contributed by atoms with van der Waals surface area (Å²) in [5.74, 6) is 0.353. The van der Waals surface area contributed by atoms with E-state index in [9.17, 15) is 4.79 Å². The molecule has 2 rings (SSSR count). The van der Waals surface area contributed by atoms with Crippen LogP contribution in [0.4, 0.5) is 0 Å². The lowest BCUT2D eigenvalue weighted by Crippen LogP contribution is -2.33. The van der Waals surface area contributed by atoms with Gasteiger partial charge in [-0.05, 0) is 61.0 Å². The summed E-state index contributed by atoms with van der Waals surface area (Å²) in [5, 5.41) is 13.6. The summed E-state index contributed by atoms with van der Waals surface area (Å²) >= 11 is 5.78. The van der Waals surface area contributed by atoms with Crippen molar-refractivity contribution in [1.29, 1.82) is 0 Å². The van der Waals surface area contributed by atoms with Gasteiger partial charge in [-0.15, -0.1) is 0 Å². The van der Waals surface area contributed by atoms with Crippen LogP contribution in [-0.4, -0.2) is 23.3 Å². The molecule has 2 aromatic carbocycles. The van der Waals surface area contributed by atoms with Crippen molar-refractivity contribution in [3.05, 3.63) is 59.1 Å². The molecule has 1 atom stereocenters. The summed E-state index contributed by atoms with van der Waals surface area (Å²) in [5.41, 5.74) is 3.15. The summed E-state index contributed by atoms with van der Waals surface area (Å²) in [6, 6.07) is 13.2. The van der Waals surface area contributed by atoms with Crippen LogP contribution in [0, 0.1) is 0 Å². The molecule has 0 spiro atoms. The van der Waals surface area contributed by atoms with Crippen molar-refractivity contribution < 1.29 is 14.6 Å². The molecule has 0 aromatic heterocycles. The fraction of sp³-hybridized carbons (Fsp3) is 0.125. The zero-order valence-corrected chi connectivity index (χ0v) is 12.6. The molecule has 1 amide bonds. The smallest absolute Gasteiger partial charge is 0.280 e.